The average molecular weight is 264 g/mol. The summed E-state index contributed by atoms with van der Waals surface area (Å²) < 4.78 is 0. The molecule has 1 heterocycles. The largest absolute Gasteiger partial charge is 0.327 e. The highest BCUT2D eigenvalue weighted by molar-refractivity contribution is 7.99. The summed E-state index contributed by atoms with van der Waals surface area (Å²) in [5, 5.41) is 1.20. The predicted molar refractivity (Wildman–Crippen MR) is 78.9 cm³/mol. The van der Waals surface area contributed by atoms with Crippen molar-refractivity contribution in [2.45, 2.75) is 56.5 Å². The number of rotatable bonds is 6. The Morgan fingerprint density at radius 2 is 2.22 bits per heavy atom. The van der Waals surface area contributed by atoms with Gasteiger partial charge in [0.25, 0.3) is 0 Å². The second-order valence-corrected chi connectivity index (χ2v) is 6.31. The average Bonchev–Trinajstić information content (AvgIpc) is 2.91. The van der Waals surface area contributed by atoms with Crippen LogP contribution in [0.5, 0.6) is 0 Å². The van der Waals surface area contributed by atoms with Gasteiger partial charge in [-0.15, -0.1) is 11.8 Å². The van der Waals surface area contributed by atoms with Gasteiger partial charge in [-0.05, 0) is 43.2 Å². The highest BCUT2D eigenvalue weighted by Crippen LogP contribution is 2.31. The molecule has 2 nitrogen and oxygen atoms in total. The minimum Gasteiger partial charge on any atom is -0.327 e. The molecule has 0 amide bonds. The Balaban J connectivity index is 1.93. The second-order valence-electron chi connectivity index (χ2n) is 5.30. The molecule has 1 aromatic rings. The molecule has 0 aromatic carbocycles. The van der Waals surface area contributed by atoms with E-state index in [2.05, 4.69) is 18.0 Å². The van der Waals surface area contributed by atoms with Crippen LogP contribution in [0.25, 0.3) is 0 Å². The number of hydrogen-bond donors (Lipinski definition) is 1. The van der Waals surface area contributed by atoms with Crippen LogP contribution in [0.3, 0.4) is 0 Å². The zero-order valence-corrected chi connectivity index (χ0v) is 12.1. The van der Waals surface area contributed by atoms with Gasteiger partial charge in [0.05, 0.1) is 5.03 Å². The summed E-state index contributed by atoms with van der Waals surface area (Å²) in [6.07, 6.45) is 9.53. The summed E-state index contributed by atoms with van der Waals surface area (Å²) in [7, 11) is 0. The Morgan fingerprint density at radius 3 is 2.94 bits per heavy atom. The van der Waals surface area contributed by atoms with E-state index in [0.717, 1.165) is 18.8 Å². The van der Waals surface area contributed by atoms with Crippen molar-refractivity contribution in [1.82, 2.24) is 4.98 Å². The van der Waals surface area contributed by atoms with Gasteiger partial charge in [0.1, 0.15) is 0 Å². The third-order valence-electron chi connectivity index (χ3n) is 3.79. The topological polar surface area (TPSA) is 38.9 Å². The first-order valence-corrected chi connectivity index (χ1v) is 8.10. The van der Waals surface area contributed by atoms with Crippen LogP contribution in [0.2, 0.25) is 0 Å². The molecular formula is C15H24N2S. The molecule has 0 bridgehead atoms. The fraction of sp³-hybridized carbons (Fsp3) is 0.667. The first-order valence-electron chi connectivity index (χ1n) is 7.12. The molecule has 3 heteroatoms. The van der Waals surface area contributed by atoms with Crippen LogP contribution in [0.15, 0.2) is 23.4 Å². The minimum absolute atomic E-state index is 0.264. The van der Waals surface area contributed by atoms with E-state index in [1.807, 2.05) is 24.0 Å². The zero-order chi connectivity index (χ0) is 12.8. The molecule has 1 saturated carbocycles. The first-order chi connectivity index (χ1) is 8.79. The fourth-order valence-corrected chi connectivity index (χ4v) is 3.71. The maximum Gasteiger partial charge on any atom is 0.0992 e. The van der Waals surface area contributed by atoms with Crippen molar-refractivity contribution in [3.8, 4) is 0 Å². The normalized spacial score (nSPS) is 18.1. The molecule has 18 heavy (non-hydrogen) atoms. The molecule has 1 aromatic heterocycles. The summed E-state index contributed by atoms with van der Waals surface area (Å²) >= 11 is 1.93. The van der Waals surface area contributed by atoms with Crippen molar-refractivity contribution in [3.05, 3.63) is 23.9 Å². The summed E-state index contributed by atoms with van der Waals surface area (Å²) in [4.78, 5) is 4.53. The Bertz CT molecular complexity index is 361. The number of nitrogens with two attached hydrogens (primary N) is 1. The van der Waals surface area contributed by atoms with Crippen LogP contribution >= 0.6 is 11.8 Å². The van der Waals surface area contributed by atoms with E-state index in [-0.39, 0.29) is 6.04 Å². The number of aromatic nitrogens is 1. The maximum absolute atomic E-state index is 6.06. The number of nitrogens with zero attached hydrogens (tertiary/aromatic N) is 1. The lowest BCUT2D eigenvalue weighted by molar-refractivity contribution is 0.621. The van der Waals surface area contributed by atoms with Gasteiger partial charge in [-0.2, -0.15) is 0 Å². The van der Waals surface area contributed by atoms with E-state index >= 15 is 0 Å². The van der Waals surface area contributed by atoms with Crippen molar-refractivity contribution in [2.24, 2.45) is 11.7 Å². The van der Waals surface area contributed by atoms with Gasteiger partial charge in [0, 0.05) is 18.0 Å². The Labute approximate surface area is 115 Å². The van der Waals surface area contributed by atoms with Gasteiger partial charge in [-0.3, -0.25) is 0 Å². The van der Waals surface area contributed by atoms with Crippen LogP contribution in [0.1, 0.15) is 44.6 Å². The zero-order valence-electron chi connectivity index (χ0n) is 11.3. The van der Waals surface area contributed by atoms with E-state index in [1.54, 1.807) is 0 Å². The van der Waals surface area contributed by atoms with Gasteiger partial charge in [-0.25, -0.2) is 4.98 Å². The number of pyridine rings is 1. The first kappa shape index (κ1) is 13.9. The third kappa shape index (κ3) is 3.99. The summed E-state index contributed by atoms with van der Waals surface area (Å²) in [5.41, 5.74) is 7.38. The van der Waals surface area contributed by atoms with Gasteiger partial charge >= 0.3 is 0 Å². The third-order valence-corrected chi connectivity index (χ3v) is 5.07. The molecule has 0 spiro atoms. The van der Waals surface area contributed by atoms with Gasteiger partial charge in [-0.1, -0.05) is 25.8 Å². The van der Waals surface area contributed by atoms with E-state index in [1.165, 1.54) is 42.0 Å². The minimum atomic E-state index is 0.264. The van der Waals surface area contributed by atoms with Gasteiger partial charge in [0.2, 0.25) is 0 Å². The van der Waals surface area contributed by atoms with Crippen LogP contribution in [0.4, 0.5) is 0 Å². The predicted octanol–water partition coefficient (Wildman–Crippen LogP) is 3.64. The van der Waals surface area contributed by atoms with Crippen LogP contribution < -0.4 is 5.73 Å². The molecule has 100 valence electrons. The second kappa shape index (κ2) is 7.15. The lowest BCUT2D eigenvalue weighted by atomic mass is 10.1. The molecule has 1 aliphatic carbocycles. The van der Waals surface area contributed by atoms with Crippen molar-refractivity contribution in [2.75, 3.05) is 5.75 Å². The molecule has 1 aliphatic rings. The monoisotopic (exact) mass is 264 g/mol. The summed E-state index contributed by atoms with van der Waals surface area (Å²) in [6, 6.07) is 4.47. The SMILES string of the molecule is CCC(N)Cc1cccnc1SCC1CCCC1. The van der Waals surface area contributed by atoms with Crippen LogP contribution in [0, 0.1) is 5.92 Å². The highest BCUT2D eigenvalue weighted by Gasteiger charge is 2.16. The van der Waals surface area contributed by atoms with Crippen molar-refractivity contribution < 1.29 is 0 Å². The number of hydrogen-bond acceptors (Lipinski definition) is 3. The molecule has 2 rings (SSSR count). The van der Waals surface area contributed by atoms with Crippen LogP contribution in [-0.2, 0) is 6.42 Å². The van der Waals surface area contributed by atoms with E-state index in [0.29, 0.717) is 0 Å². The molecule has 0 radical (unpaired) electrons. The fourth-order valence-electron chi connectivity index (χ4n) is 2.51. The Hall–Kier alpha value is -0.540. The molecule has 2 N–H and O–H groups in total. The maximum atomic E-state index is 6.06. The molecular weight excluding hydrogens is 240 g/mol. The number of thioether (sulfide) groups is 1. The van der Waals surface area contributed by atoms with Gasteiger partial charge < -0.3 is 5.73 Å². The van der Waals surface area contributed by atoms with Crippen LogP contribution in [-0.4, -0.2) is 16.8 Å². The molecule has 1 unspecified atom stereocenters. The van der Waals surface area contributed by atoms with Gasteiger partial charge in [0.15, 0.2) is 0 Å². The Kier molecular flexibility index (Phi) is 5.51. The van der Waals surface area contributed by atoms with Crippen molar-refractivity contribution in [1.29, 1.82) is 0 Å². The summed E-state index contributed by atoms with van der Waals surface area (Å²) in [5.74, 6) is 2.13. The van der Waals surface area contributed by atoms with Crippen molar-refractivity contribution >= 4 is 11.8 Å². The molecule has 0 aliphatic heterocycles. The van der Waals surface area contributed by atoms with E-state index in [9.17, 15) is 0 Å². The lowest BCUT2D eigenvalue weighted by Crippen LogP contribution is -2.21. The molecule has 1 atom stereocenters. The Morgan fingerprint density at radius 1 is 1.44 bits per heavy atom. The van der Waals surface area contributed by atoms with E-state index < -0.39 is 0 Å². The summed E-state index contributed by atoms with van der Waals surface area (Å²) in [6.45, 7) is 2.15. The van der Waals surface area contributed by atoms with E-state index in [4.69, 9.17) is 5.73 Å². The lowest BCUT2D eigenvalue weighted by Gasteiger charge is -2.13. The van der Waals surface area contributed by atoms with Crippen molar-refractivity contribution in [3.63, 3.8) is 0 Å². The smallest absolute Gasteiger partial charge is 0.0992 e. The standard InChI is InChI=1S/C15H24N2S/c1-2-14(16)10-13-8-5-9-17-15(13)18-11-12-6-3-4-7-12/h5,8-9,12,14H,2-4,6-7,10-11,16H2,1H3. The highest BCUT2D eigenvalue weighted by atomic mass is 32.2. The molecule has 1 fully saturated rings. The molecule has 0 saturated heterocycles. The quantitative estimate of drug-likeness (QED) is 0.797.